The van der Waals surface area contributed by atoms with Crippen LogP contribution in [0.2, 0.25) is 0 Å². The van der Waals surface area contributed by atoms with Crippen LogP contribution < -0.4 is 5.32 Å². The molecule has 1 aliphatic rings. The van der Waals surface area contributed by atoms with E-state index in [1.165, 1.54) is 5.69 Å². The van der Waals surface area contributed by atoms with E-state index in [4.69, 9.17) is 0 Å². The second-order valence-electron chi connectivity index (χ2n) is 4.92. The van der Waals surface area contributed by atoms with Crippen LogP contribution in [0.15, 0.2) is 29.0 Å². The first kappa shape index (κ1) is 14.8. The van der Waals surface area contributed by atoms with Crippen molar-refractivity contribution >= 4 is 34.0 Å². The molecule has 3 heterocycles. The third-order valence-electron chi connectivity index (χ3n) is 3.38. The van der Waals surface area contributed by atoms with Gasteiger partial charge in [-0.25, -0.2) is 4.98 Å². The first-order valence-electron chi connectivity index (χ1n) is 6.29. The van der Waals surface area contributed by atoms with Gasteiger partial charge in [0.05, 0.1) is 11.9 Å². The lowest BCUT2D eigenvalue weighted by Crippen LogP contribution is -2.48. The number of pyridine rings is 1. The van der Waals surface area contributed by atoms with Gasteiger partial charge >= 0.3 is 0 Å². The molecule has 1 fully saturated rings. The van der Waals surface area contributed by atoms with E-state index in [0.29, 0.717) is 6.04 Å². The van der Waals surface area contributed by atoms with Gasteiger partial charge in [-0.2, -0.15) is 0 Å². The number of nitrogens with one attached hydrogen (secondary N) is 1. The van der Waals surface area contributed by atoms with E-state index in [1.807, 2.05) is 18.3 Å². The van der Waals surface area contributed by atoms with E-state index in [0.717, 1.165) is 36.3 Å². The van der Waals surface area contributed by atoms with E-state index in [2.05, 4.69) is 48.7 Å². The van der Waals surface area contributed by atoms with Crippen LogP contribution in [0.3, 0.4) is 0 Å². The van der Waals surface area contributed by atoms with E-state index in [1.54, 1.807) is 0 Å². The van der Waals surface area contributed by atoms with Gasteiger partial charge in [0.25, 0.3) is 0 Å². The standard InChI is InChI=1S/C13H17BrN4.ClH/c1-10-7-17(5-4-15-10)9-12-6-16-13-3-2-11(14)8-18(12)13;/h2-3,6,8,10,15H,4-5,7,9H2,1H3;1H/t10-;/m0./s1. The molecule has 0 aromatic carbocycles. The molecular weight excluding hydrogens is 328 g/mol. The Bertz CT molecular complexity index is 557. The molecule has 0 spiro atoms. The number of imidazole rings is 1. The number of fused-ring (bicyclic) bond motifs is 1. The number of aromatic nitrogens is 2. The Hall–Kier alpha value is -0.620. The topological polar surface area (TPSA) is 32.6 Å². The first-order chi connectivity index (χ1) is 8.72. The van der Waals surface area contributed by atoms with Crippen molar-refractivity contribution < 1.29 is 0 Å². The van der Waals surface area contributed by atoms with E-state index >= 15 is 0 Å². The summed E-state index contributed by atoms with van der Waals surface area (Å²) in [6.45, 7) is 6.47. The van der Waals surface area contributed by atoms with Crippen molar-refractivity contribution in [3.8, 4) is 0 Å². The average Bonchev–Trinajstić information content (AvgIpc) is 2.72. The molecule has 19 heavy (non-hydrogen) atoms. The van der Waals surface area contributed by atoms with Gasteiger partial charge in [0, 0.05) is 42.9 Å². The van der Waals surface area contributed by atoms with Gasteiger partial charge in [0.2, 0.25) is 0 Å². The molecular formula is C13H18BrClN4. The smallest absolute Gasteiger partial charge is 0.136 e. The molecule has 6 heteroatoms. The zero-order chi connectivity index (χ0) is 12.5. The molecule has 2 aromatic heterocycles. The summed E-state index contributed by atoms with van der Waals surface area (Å²) in [6, 6.07) is 4.64. The molecule has 0 radical (unpaired) electrons. The average molecular weight is 346 g/mol. The molecule has 2 aromatic rings. The zero-order valence-electron chi connectivity index (χ0n) is 10.8. The summed E-state index contributed by atoms with van der Waals surface area (Å²) in [4.78, 5) is 6.92. The Morgan fingerprint density at radius 2 is 2.32 bits per heavy atom. The minimum atomic E-state index is 0. The fraction of sp³-hybridized carbons (Fsp3) is 0.462. The molecule has 1 atom stereocenters. The third kappa shape index (κ3) is 3.28. The minimum absolute atomic E-state index is 0. The lowest BCUT2D eigenvalue weighted by Gasteiger charge is -2.31. The first-order valence-corrected chi connectivity index (χ1v) is 7.09. The second-order valence-corrected chi connectivity index (χ2v) is 5.83. The van der Waals surface area contributed by atoms with Gasteiger partial charge < -0.3 is 9.72 Å². The normalized spacial score (nSPS) is 20.4. The van der Waals surface area contributed by atoms with Crippen molar-refractivity contribution in [1.29, 1.82) is 0 Å². The van der Waals surface area contributed by atoms with Crippen molar-refractivity contribution in [1.82, 2.24) is 19.6 Å². The number of nitrogens with zero attached hydrogens (tertiary/aromatic N) is 3. The van der Waals surface area contributed by atoms with Crippen molar-refractivity contribution in [2.75, 3.05) is 19.6 Å². The zero-order valence-corrected chi connectivity index (χ0v) is 13.2. The molecule has 1 aliphatic heterocycles. The van der Waals surface area contributed by atoms with Crippen molar-refractivity contribution in [2.24, 2.45) is 0 Å². The van der Waals surface area contributed by atoms with Gasteiger partial charge in [-0.3, -0.25) is 4.90 Å². The third-order valence-corrected chi connectivity index (χ3v) is 3.85. The number of rotatable bonds is 2. The summed E-state index contributed by atoms with van der Waals surface area (Å²) >= 11 is 3.51. The van der Waals surface area contributed by atoms with Gasteiger partial charge in [-0.15, -0.1) is 12.4 Å². The number of hydrogen-bond acceptors (Lipinski definition) is 3. The summed E-state index contributed by atoms with van der Waals surface area (Å²) in [5, 5.41) is 3.47. The number of hydrogen-bond donors (Lipinski definition) is 1. The molecule has 1 N–H and O–H groups in total. The number of halogens is 2. The van der Waals surface area contributed by atoms with Crippen LogP contribution in [0.4, 0.5) is 0 Å². The second kappa shape index (κ2) is 6.22. The van der Waals surface area contributed by atoms with Crippen LogP contribution in [0.25, 0.3) is 5.65 Å². The van der Waals surface area contributed by atoms with Crippen molar-refractivity contribution in [3.63, 3.8) is 0 Å². The fourth-order valence-corrected chi connectivity index (χ4v) is 2.84. The highest BCUT2D eigenvalue weighted by atomic mass is 79.9. The molecule has 0 bridgehead atoms. The highest BCUT2D eigenvalue weighted by Crippen LogP contribution is 2.15. The molecule has 0 saturated carbocycles. The lowest BCUT2D eigenvalue weighted by atomic mass is 10.2. The van der Waals surface area contributed by atoms with Gasteiger partial charge in [-0.05, 0) is 35.0 Å². The van der Waals surface area contributed by atoms with Crippen LogP contribution in [-0.2, 0) is 6.54 Å². The highest BCUT2D eigenvalue weighted by Gasteiger charge is 2.16. The molecule has 0 aliphatic carbocycles. The predicted molar refractivity (Wildman–Crippen MR) is 82.9 cm³/mol. The van der Waals surface area contributed by atoms with Crippen LogP contribution in [0.5, 0.6) is 0 Å². The van der Waals surface area contributed by atoms with Crippen LogP contribution >= 0.6 is 28.3 Å². The van der Waals surface area contributed by atoms with E-state index in [9.17, 15) is 0 Å². The Morgan fingerprint density at radius 3 is 3.11 bits per heavy atom. The van der Waals surface area contributed by atoms with Gasteiger partial charge in [-0.1, -0.05) is 0 Å². The molecule has 3 rings (SSSR count). The maximum Gasteiger partial charge on any atom is 0.136 e. The Kier molecular flexibility index (Phi) is 4.84. The maximum atomic E-state index is 4.44. The molecule has 1 saturated heterocycles. The molecule has 104 valence electrons. The summed E-state index contributed by atoms with van der Waals surface area (Å²) in [6.07, 6.45) is 4.07. The Balaban J connectivity index is 0.00000133. The van der Waals surface area contributed by atoms with Gasteiger partial charge in [0.15, 0.2) is 0 Å². The quantitative estimate of drug-likeness (QED) is 0.906. The molecule has 4 nitrogen and oxygen atoms in total. The van der Waals surface area contributed by atoms with Crippen LogP contribution in [0.1, 0.15) is 12.6 Å². The van der Waals surface area contributed by atoms with Crippen LogP contribution in [0, 0.1) is 0 Å². The Morgan fingerprint density at radius 1 is 1.47 bits per heavy atom. The highest BCUT2D eigenvalue weighted by molar-refractivity contribution is 9.10. The van der Waals surface area contributed by atoms with E-state index < -0.39 is 0 Å². The molecule has 0 unspecified atom stereocenters. The number of piperazine rings is 1. The minimum Gasteiger partial charge on any atom is -0.312 e. The van der Waals surface area contributed by atoms with Gasteiger partial charge in [0.1, 0.15) is 5.65 Å². The summed E-state index contributed by atoms with van der Waals surface area (Å²) in [5.41, 5.74) is 2.26. The lowest BCUT2D eigenvalue weighted by molar-refractivity contribution is 0.197. The summed E-state index contributed by atoms with van der Waals surface area (Å²) in [5.74, 6) is 0. The molecule has 0 amide bonds. The van der Waals surface area contributed by atoms with Crippen molar-refractivity contribution in [2.45, 2.75) is 19.5 Å². The Labute approximate surface area is 127 Å². The SMILES string of the molecule is C[C@H]1CN(Cc2cnc3ccc(Br)cn23)CCN1.Cl. The van der Waals surface area contributed by atoms with E-state index in [-0.39, 0.29) is 12.4 Å². The predicted octanol–water partition coefficient (Wildman–Crippen LogP) is 2.31. The monoisotopic (exact) mass is 344 g/mol. The fourth-order valence-electron chi connectivity index (χ4n) is 2.51. The van der Waals surface area contributed by atoms with Crippen LogP contribution in [-0.4, -0.2) is 40.0 Å². The summed E-state index contributed by atoms with van der Waals surface area (Å²) < 4.78 is 3.25. The van der Waals surface area contributed by atoms with Crippen molar-refractivity contribution in [3.05, 3.63) is 34.7 Å². The largest absolute Gasteiger partial charge is 0.312 e. The maximum absolute atomic E-state index is 4.44. The summed E-state index contributed by atoms with van der Waals surface area (Å²) in [7, 11) is 0.